The summed E-state index contributed by atoms with van der Waals surface area (Å²) in [6, 6.07) is -1.42. The van der Waals surface area contributed by atoms with Gasteiger partial charge in [-0.1, -0.05) is 71.1 Å². The normalized spacial score (nSPS) is 36.6. The third-order valence-corrected chi connectivity index (χ3v) is 15.3. The summed E-state index contributed by atoms with van der Waals surface area (Å²) < 4.78 is 36.0. The highest BCUT2D eigenvalue weighted by Gasteiger charge is 2.53. The number of carbonyl (C=O) groups excluding carboxylic acids is 5. The molecule has 2 bridgehead atoms. The fraction of sp³-hybridized carbons (Fsp3) is 0.764. The molecule has 0 spiro atoms. The monoisotopic (exact) mass is 1000 g/mol. The van der Waals surface area contributed by atoms with Gasteiger partial charge in [0.05, 0.1) is 24.4 Å². The van der Waals surface area contributed by atoms with Crippen LogP contribution in [0.25, 0.3) is 0 Å². The Hall–Kier alpha value is -3.77. The number of nitrogens with one attached hydrogen (secondary N) is 1. The molecule has 3 aliphatic heterocycles. The highest BCUT2D eigenvalue weighted by Crippen LogP contribution is 2.38. The average molecular weight is 1000 g/mol. The van der Waals surface area contributed by atoms with Gasteiger partial charge in [-0.2, -0.15) is 0 Å². The Bertz CT molecular complexity index is 1900. The van der Waals surface area contributed by atoms with Crippen molar-refractivity contribution in [1.29, 1.82) is 0 Å². The zero-order chi connectivity index (χ0) is 52.7. The van der Waals surface area contributed by atoms with Gasteiger partial charge in [0.25, 0.3) is 11.7 Å². The summed E-state index contributed by atoms with van der Waals surface area (Å²) in [4.78, 5) is 72.1. The highest BCUT2D eigenvalue weighted by molar-refractivity contribution is 6.39. The first-order valence-electron chi connectivity index (χ1n) is 26.2. The van der Waals surface area contributed by atoms with E-state index in [1.54, 1.807) is 48.0 Å². The minimum Gasteiger partial charge on any atom is -0.460 e. The van der Waals surface area contributed by atoms with Gasteiger partial charge in [-0.15, -0.1) is 0 Å². The molecule has 71 heavy (non-hydrogen) atoms. The van der Waals surface area contributed by atoms with Gasteiger partial charge in [-0.05, 0) is 121 Å². The second-order valence-electron chi connectivity index (χ2n) is 21.5. The molecule has 4 aliphatic rings. The molecular weight excluding hydrogens is 913 g/mol. The van der Waals surface area contributed by atoms with E-state index >= 15 is 0 Å². The van der Waals surface area contributed by atoms with E-state index in [9.17, 15) is 39.3 Å². The molecule has 4 N–H and O–H groups in total. The number of rotatable bonds is 8. The molecule has 2 amide bonds. The predicted octanol–water partition coefficient (Wildman–Crippen LogP) is 7.11. The van der Waals surface area contributed by atoms with Gasteiger partial charge in [0, 0.05) is 64.5 Å². The van der Waals surface area contributed by atoms with Crippen molar-refractivity contribution in [3.8, 4) is 0 Å². The average Bonchev–Trinajstić information content (AvgIpc) is 3.33. The Kier molecular flexibility index (Phi) is 23.6. The van der Waals surface area contributed by atoms with E-state index in [2.05, 4.69) is 5.32 Å². The number of ether oxygens (including phenoxy) is 6. The predicted molar refractivity (Wildman–Crippen MR) is 269 cm³/mol. The maximum atomic E-state index is 14.7. The van der Waals surface area contributed by atoms with Crippen molar-refractivity contribution < 1.29 is 67.7 Å². The summed E-state index contributed by atoms with van der Waals surface area (Å²) in [5.74, 6) is -7.63. The minimum atomic E-state index is -2.45. The SMILES string of the molecule is CO[C@H]1CC2CC[C@@H](C)[C@@](O)(O2)C(=O)C(=O)N2CCCCC2C(=O)O[C@H]([C@H](C)C[C@@H]2CC[C@@H](O)[C@H](OC)C2)C[C@@H](OC(=O)NC(C)C)[C@H](C)C=C(C)[C@@H](O)[C@@H](OC)C(=O)[C@H](C)C[C@H](C)C=CC=CC=C1C. The number of aliphatic hydroxyl groups is 3. The van der Waals surface area contributed by atoms with Gasteiger partial charge in [0.15, 0.2) is 5.78 Å². The Labute approximate surface area is 423 Å². The van der Waals surface area contributed by atoms with Crippen LogP contribution >= 0.6 is 0 Å². The number of Topliss-reactive ketones (excluding diaryl/α,β-unsaturated/α-hetero) is 2. The Morgan fingerprint density at radius 1 is 0.845 bits per heavy atom. The van der Waals surface area contributed by atoms with Crippen molar-refractivity contribution in [2.75, 3.05) is 27.9 Å². The number of fused-ring (bicyclic) bond motifs is 3. The number of piperidine rings is 1. The molecule has 2 unspecified atom stereocenters. The van der Waals surface area contributed by atoms with E-state index in [4.69, 9.17) is 28.4 Å². The van der Waals surface area contributed by atoms with E-state index < -0.39 is 96.1 Å². The molecule has 0 aromatic heterocycles. The van der Waals surface area contributed by atoms with Crippen LogP contribution in [0.15, 0.2) is 47.6 Å². The number of aliphatic hydroxyl groups excluding tert-OH is 2. The number of cyclic esters (lactones) is 1. The van der Waals surface area contributed by atoms with Crippen LogP contribution in [-0.2, 0) is 47.6 Å². The van der Waals surface area contributed by atoms with Crippen LogP contribution in [0.2, 0.25) is 0 Å². The first-order valence-corrected chi connectivity index (χ1v) is 26.2. The summed E-state index contributed by atoms with van der Waals surface area (Å²) >= 11 is 0. The molecular formula is C55H88N2O14. The smallest absolute Gasteiger partial charge is 0.407 e. The van der Waals surface area contributed by atoms with Crippen LogP contribution in [0.5, 0.6) is 0 Å². The van der Waals surface area contributed by atoms with Crippen LogP contribution in [0.4, 0.5) is 4.79 Å². The molecule has 16 nitrogen and oxygen atoms in total. The summed E-state index contributed by atoms with van der Waals surface area (Å²) in [6.07, 6.45) is 9.70. The summed E-state index contributed by atoms with van der Waals surface area (Å²) in [5.41, 5.74) is 1.29. The first kappa shape index (κ1) is 59.8. The number of methoxy groups -OCH3 is 3. The quantitative estimate of drug-likeness (QED) is 0.108. The Balaban J connectivity index is 1.80. The Morgan fingerprint density at radius 2 is 1.56 bits per heavy atom. The molecule has 1 saturated carbocycles. The number of amides is 2. The Morgan fingerprint density at radius 3 is 2.23 bits per heavy atom. The third kappa shape index (κ3) is 16.6. The van der Waals surface area contributed by atoms with Crippen molar-refractivity contribution in [2.45, 2.75) is 206 Å². The summed E-state index contributed by atoms with van der Waals surface area (Å²) in [5, 5.41) is 37.2. The number of hydrogen-bond donors (Lipinski definition) is 4. The lowest BCUT2D eigenvalue weighted by Crippen LogP contribution is -2.61. The maximum absolute atomic E-state index is 14.7. The standard InChI is InChI=1S/C55H88N2O14/c1-32(2)56-54(64)70-46-31-45(36(6)28-40-22-24-43(58)47(29-40)67-11)69-53(63)42-20-16-17-25-57(42)52(62)51(61)55(65)39(9)21-23-41(71-55)30-44(66-10)34(4)19-15-13-14-18-33(3)26-37(7)48(59)50(68-12)49(60)38(8)27-35(46)5/h13-15,18-19,27,32-33,35-37,39-47,49-50,58,60,65H,16-17,20-26,28-31H2,1-12H3,(H,56,64)/t33-,35-,36-,37-,39-,40+,41?,42?,43-,44+,45+,46-,47-,49-,50+,55-/m1/s1. The number of esters is 1. The van der Waals surface area contributed by atoms with Gasteiger partial charge < -0.3 is 54.0 Å². The van der Waals surface area contributed by atoms with Crippen LogP contribution in [0.1, 0.15) is 139 Å². The van der Waals surface area contributed by atoms with E-state index in [0.29, 0.717) is 69.8 Å². The summed E-state index contributed by atoms with van der Waals surface area (Å²) in [6.45, 7) is 16.5. The van der Waals surface area contributed by atoms with Crippen molar-refractivity contribution in [2.24, 2.45) is 35.5 Å². The molecule has 16 atom stereocenters. The van der Waals surface area contributed by atoms with Gasteiger partial charge in [0.1, 0.15) is 30.5 Å². The van der Waals surface area contributed by atoms with Crippen LogP contribution in [0, 0.1) is 35.5 Å². The van der Waals surface area contributed by atoms with Gasteiger partial charge in [-0.3, -0.25) is 14.4 Å². The fourth-order valence-electron chi connectivity index (χ4n) is 10.8. The highest BCUT2D eigenvalue weighted by atomic mass is 16.6. The number of alkyl carbamates (subject to hydrolysis) is 1. The largest absolute Gasteiger partial charge is 0.460 e. The van der Waals surface area contributed by atoms with Gasteiger partial charge >= 0.3 is 12.1 Å². The van der Waals surface area contributed by atoms with Gasteiger partial charge in [0.2, 0.25) is 5.79 Å². The minimum absolute atomic E-state index is 0.00289. The van der Waals surface area contributed by atoms with Crippen LogP contribution < -0.4 is 5.32 Å². The van der Waals surface area contributed by atoms with Crippen LogP contribution in [0.3, 0.4) is 0 Å². The zero-order valence-electron chi connectivity index (χ0n) is 44.7. The van der Waals surface area contributed by atoms with Crippen molar-refractivity contribution in [3.05, 3.63) is 47.6 Å². The third-order valence-electron chi connectivity index (χ3n) is 15.3. The molecule has 16 heteroatoms. The van der Waals surface area contributed by atoms with E-state index in [-0.39, 0.29) is 55.1 Å². The fourth-order valence-corrected chi connectivity index (χ4v) is 10.8. The lowest BCUT2D eigenvalue weighted by Gasteiger charge is -2.43. The molecule has 402 valence electrons. The maximum Gasteiger partial charge on any atom is 0.407 e. The van der Waals surface area contributed by atoms with Crippen molar-refractivity contribution in [3.63, 3.8) is 0 Å². The zero-order valence-corrected chi connectivity index (χ0v) is 44.7. The number of ketones is 2. The van der Waals surface area contributed by atoms with Gasteiger partial charge in [-0.25, -0.2) is 9.59 Å². The second-order valence-corrected chi connectivity index (χ2v) is 21.5. The molecule has 2 saturated heterocycles. The number of allylic oxidation sites excluding steroid dienone is 5. The molecule has 4 rings (SSSR count). The molecule has 0 aromatic rings. The molecule has 0 aromatic carbocycles. The van der Waals surface area contributed by atoms with E-state index in [0.717, 1.165) is 5.57 Å². The molecule has 3 heterocycles. The number of nitrogens with zero attached hydrogens (tertiary/aromatic N) is 1. The lowest BCUT2D eigenvalue weighted by atomic mass is 9.78. The number of hydrogen-bond acceptors (Lipinski definition) is 14. The topological polar surface area (TPSA) is 217 Å². The second kappa shape index (κ2) is 28.1. The molecule has 3 fully saturated rings. The van der Waals surface area contributed by atoms with Crippen LogP contribution in [-0.4, -0.2) is 144 Å². The first-order chi connectivity index (χ1) is 33.5. The van der Waals surface area contributed by atoms with E-state index in [1.807, 2.05) is 65.0 Å². The van der Waals surface area contributed by atoms with Crippen molar-refractivity contribution >= 4 is 29.5 Å². The van der Waals surface area contributed by atoms with Crippen molar-refractivity contribution in [1.82, 2.24) is 10.2 Å². The summed E-state index contributed by atoms with van der Waals surface area (Å²) in [7, 11) is 4.54. The van der Waals surface area contributed by atoms with E-state index in [1.165, 1.54) is 12.0 Å². The lowest BCUT2D eigenvalue weighted by molar-refractivity contribution is -0.265. The molecule has 0 radical (unpaired) electrons. The number of carbonyl (C=O) groups is 5. The molecule has 1 aliphatic carbocycles.